The largest absolute Gasteiger partial charge is 0.477 e. The molecule has 2 aliphatic rings. The summed E-state index contributed by atoms with van der Waals surface area (Å²) < 4.78 is 11.2. The number of carboxylic acid groups (broad SMARTS) is 2. The summed E-state index contributed by atoms with van der Waals surface area (Å²) in [5, 5.41) is 30.8. The molecule has 4 aromatic rings. The van der Waals surface area contributed by atoms with E-state index < -0.39 is 76.1 Å². The molecule has 61 heavy (non-hydrogen) atoms. The summed E-state index contributed by atoms with van der Waals surface area (Å²) >= 11 is 3.26. The molecule has 0 spiro atoms. The molecule has 1 aromatic carbocycles. The number of aromatic carboxylic acids is 1. The summed E-state index contributed by atoms with van der Waals surface area (Å²) in [5.74, 6) is -8.38. The molecule has 27 heteroatoms. The van der Waals surface area contributed by atoms with E-state index in [-0.39, 0.29) is 50.9 Å². The van der Waals surface area contributed by atoms with Crippen LogP contribution in [-0.4, -0.2) is 121 Å². The number of nitrogens with one attached hydrogen (secondary N) is 3. The minimum Gasteiger partial charge on any atom is -0.477 e. The molecule has 6 rings (SSSR count). The molecule has 2 atom stereocenters. The van der Waals surface area contributed by atoms with Gasteiger partial charge in [0.25, 0.3) is 35.2 Å². The molecule has 0 radical (unpaired) electrons. The number of thioether (sulfide) groups is 2. The lowest BCUT2D eigenvalue weighted by atomic mass is 10.0. The number of hydrogen-bond donors (Lipinski definition) is 6. The average molecular weight is 898 g/mol. The standard InChI is InChI=1S/C34H31N11O13S3/c1-13(46)56-18-6-5-15(9-19(18)57-14(2)47)25(48)40-41-31(55)34(3,4)58-43-21(17-12-61-32(35)37-17)26(49)38-22-27(50)44-23(29(51)52)16(11-60-28(22)44)10-59-20-7-8-36-33-39-24(30(53)54)42-45(20)33/h5-9,12,22,28H,10-11H2,1-4H3,(H2,35,37)(H,38,49)(H,40,48)(H,41,55)(H,51,52)(H,53,54)/t22?,28-/m1/s1. The van der Waals surface area contributed by atoms with Crippen molar-refractivity contribution in [2.45, 2.75) is 49.7 Å². The number of ether oxygens (including phenoxy) is 2. The lowest BCUT2D eigenvalue weighted by Gasteiger charge is -2.49. The summed E-state index contributed by atoms with van der Waals surface area (Å²) in [6, 6.07) is 3.87. The van der Waals surface area contributed by atoms with Gasteiger partial charge in [-0.2, -0.15) is 9.50 Å². The number of nitrogens with two attached hydrogens (primary N) is 1. The third kappa shape index (κ3) is 9.52. The van der Waals surface area contributed by atoms with Crippen LogP contribution in [0, 0.1) is 0 Å². The predicted octanol–water partition coefficient (Wildman–Crippen LogP) is 0.203. The molecule has 318 valence electrons. The fourth-order valence-corrected chi connectivity index (χ4v) is 8.39. The number of fused-ring (bicyclic) bond motifs is 2. The molecule has 4 amide bonds. The van der Waals surface area contributed by atoms with Gasteiger partial charge in [0.1, 0.15) is 27.8 Å². The number of aromatic nitrogens is 5. The number of carboxylic acids is 2. The number of β-lactam (4-membered cyclic amide) rings is 1. The number of carbonyl (C=O) groups excluding carboxylic acids is 6. The van der Waals surface area contributed by atoms with Crippen LogP contribution in [0.5, 0.6) is 11.5 Å². The minimum atomic E-state index is -1.88. The van der Waals surface area contributed by atoms with Gasteiger partial charge in [-0.05, 0) is 43.7 Å². The fraction of sp³-hybridized carbons (Fsp3) is 0.265. The van der Waals surface area contributed by atoms with E-state index >= 15 is 0 Å². The van der Waals surface area contributed by atoms with Crippen LogP contribution < -0.4 is 31.4 Å². The van der Waals surface area contributed by atoms with Crippen LogP contribution in [0.25, 0.3) is 5.78 Å². The Labute approximate surface area is 354 Å². The second-order valence-electron chi connectivity index (χ2n) is 13.0. The quantitative estimate of drug-likeness (QED) is 0.0187. The fourth-order valence-electron chi connectivity index (χ4n) is 5.40. The Morgan fingerprint density at radius 1 is 1.02 bits per heavy atom. The van der Waals surface area contributed by atoms with Gasteiger partial charge in [0.15, 0.2) is 22.3 Å². The third-order valence-electron chi connectivity index (χ3n) is 8.22. The Morgan fingerprint density at radius 2 is 1.74 bits per heavy atom. The van der Waals surface area contributed by atoms with Crippen LogP contribution in [0.1, 0.15) is 54.4 Å². The Kier molecular flexibility index (Phi) is 12.5. The number of hydrogen-bond acceptors (Lipinski definition) is 20. The Balaban J connectivity index is 1.12. The second kappa shape index (κ2) is 17.6. The maximum atomic E-state index is 13.7. The molecule has 1 unspecified atom stereocenters. The number of amides is 4. The Hall–Kier alpha value is -7.13. The number of thiazole rings is 1. The minimum absolute atomic E-state index is 0.0227. The molecule has 7 N–H and O–H groups in total. The van der Waals surface area contributed by atoms with E-state index in [2.05, 4.69) is 41.4 Å². The van der Waals surface area contributed by atoms with Crippen LogP contribution >= 0.6 is 34.9 Å². The molecule has 5 heterocycles. The van der Waals surface area contributed by atoms with Crippen molar-refractivity contribution in [2.75, 3.05) is 17.2 Å². The van der Waals surface area contributed by atoms with Gasteiger partial charge in [0.05, 0.1) is 0 Å². The van der Waals surface area contributed by atoms with Gasteiger partial charge in [-0.1, -0.05) is 5.16 Å². The van der Waals surface area contributed by atoms with E-state index in [0.717, 1.165) is 47.9 Å². The second-order valence-corrected chi connectivity index (χ2v) is 16.0. The van der Waals surface area contributed by atoms with E-state index in [4.69, 9.17) is 20.0 Å². The monoisotopic (exact) mass is 897 g/mol. The highest BCUT2D eigenvalue weighted by Crippen LogP contribution is 2.41. The van der Waals surface area contributed by atoms with Crippen molar-refractivity contribution in [3.63, 3.8) is 0 Å². The molecule has 0 aliphatic carbocycles. The lowest BCUT2D eigenvalue weighted by Crippen LogP contribution is -2.71. The summed E-state index contributed by atoms with van der Waals surface area (Å²) in [7, 11) is 0. The average Bonchev–Trinajstić information content (AvgIpc) is 3.84. The topological polar surface area (TPSA) is 338 Å². The van der Waals surface area contributed by atoms with Crippen molar-refractivity contribution in [1.29, 1.82) is 0 Å². The zero-order chi connectivity index (χ0) is 44.3. The third-order valence-corrected chi connectivity index (χ3v) is 11.3. The maximum absolute atomic E-state index is 13.7. The Bertz CT molecular complexity index is 2590. The maximum Gasteiger partial charge on any atom is 0.375 e. The first-order valence-corrected chi connectivity index (χ1v) is 20.1. The lowest BCUT2D eigenvalue weighted by molar-refractivity contribution is -0.150. The first-order valence-electron chi connectivity index (χ1n) is 17.2. The van der Waals surface area contributed by atoms with Gasteiger partial charge in [-0.15, -0.1) is 40.0 Å². The number of nitrogen functional groups attached to an aromatic ring is 1. The molecule has 1 fully saturated rings. The van der Waals surface area contributed by atoms with E-state index in [1.54, 1.807) is 6.07 Å². The molecular weight excluding hydrogens is 867 g/mol. The summed E-state index contributed by atoms with van der Waals surface area (Å²) in [4.78, 5) is 119. The molecule has 2 aliphatic heterocycles. The summed E-state index contributed by atoms with van der Waals surface area (Å²) in [6.45, 7) is 4.74. The highest BCUT2D eigenvalue weighted by atomic mass is 32.2. The van der Waals surface area contributed by atoms with Gasteiger partial charge >= 0.3 is 23.9 Å². The zero-order valence-corrected chi connectivity index (χ0v) is 34.3. The number of anilines is 1. The summed E-state index contributed by atoms with van der Waals surface area (Å²) in [5.41, 5.74) is 7.65. The van der Waals surface area contributed by atoms with Crippen molar-refractivity contribution in [3.8, 4) is 11.5 Å². The van der Waals surface area contributed by atoms with Crippen molar-refractivity contribution in [3.05, 3.63) is 64.2 Å². The van der Waals surface area contributed by atoms with Crippen molar-refractivity contribution in [1.82, 2.24) is 45.6 Å². The summed E-state index contributed by atoms with van der Waals surface area (Å²) in [6.07, 6.45) is 1.39. The van der Waals surface area contributed by atoms with Gasteiger partial charge in [-0.3, -0.25) is 44.5 Å². The Morgan fingerprint density at radius 3 is 2.39 bits per heavy atom. The number of benzene rings is 1. The zero-order valence-electron chi connectivity index (χ0n) is 31.9. The van der Waals surface area contributed by atoms with Crippen LogP contribution in [0.2, 0.25) is 0 Å². The number of nitrogens with zero attached hydrogens (tertiary/aromatic N) is 7. The molecule has 0 saturated carbocycles. The van der Waals surface area contributed by atoms with Crippen LogP contribution in [0.15, 0.2) is 57.3 Å². The first kappa shape index (κ1) is 43.4. The molecular formula is C34H31N11O13S3. The van der Waals surface area contributed by atoms with E-state index in [9.17, 15) is 48.6 Å². The predicted molar refractivity (Wildman–Crippen MR) is 211 cm³/mol. The normalized spacial score (nSPS) is 16.2. The number of carbonyl (C=O) groups is 8. The number of aliphatic carboxylic acids is 1. The van der Waals surface area contributed by atoms with E-state index in [1.165, 1.54) is 53.8 Å². The number of esters is 2. The van der Waals surface area contributed by atoms with Gasteiger partial charge < -0.3 is 35.6 Å². The van der Waals surface area contributed by atoms with E-state index in [0.29, 0.717) is 10.6 Å². The smallest absolute Gasteiger partial charge is 0.375 e. The van der Waals surface area contributed by atoms with Crippen molar-refractivity contribution >= 4 is 99.0 Å². The number of oxime groups is 1. The highest BCUT2D eigenvalue weighted by Gasteiger charge is 2.54. The molecule has 24 nitrogen and oxygen atoms in total. The van der Waals surface area contributed by atoms with Crippen LogP contribution in [0.3, 0.4) is 0 Å². The van der Waals surface area contributed by atoms with Crippen LogP contribution in [-0.2, 0) is 33.6 Å². The van der Waals surface area contributed by atoms with Gasteiger partial charge in [0.2, 0.25) is 5.60 Å². The van der Waals surface area contributed by atoms with Crippen molar-refractivity contribution in [2.24, 2.45) is 5.16 Å². The number of hydrazine groups is 1. The highest BCUT2D eigenvalue weighted by molar-refractivity contribution is 8.01. The van der Waals surface area contributed by atoms with E-state index in [1.807, 2.05) is 0 Å². The van der Waals surface area contributed by atoms with Gasteiger partial charge in [0, 0.05) is 42.5 Å². The first-order chi connectivity index (χ1) is 28.8. The SMILES string of the molecule is CC(=O)Oc1ccc(C(=O)NNC(=O)C(C)(C)ON=C(C(=O)NC2C(=O)N3C(C(=O)O)=C(CSc4ccnc5nc(C(=O)O)nn45)CS[C@H]23)c2csc(N)n2)cc1OC(C)=O. The molecule has 0 bridgehead atoms. The number of rotatable bonds is 14. The van der Waals surface area contributed by atoms with Gasteiger partial charge in [-0.25, -0.2) is 19.6 Å². The van der Waals surface area contributed by atoms with Crippen LogP contribution in [0.4, 0.5) is 5.13 Å². The molecule has 1 saturated heterocycles. The van der Waals surface area contributed by atoms with Crippen molar-refractivity contribution < 1.29 is 62.9 Å². The molecule has 3 aromatic heterocycles.